The van der Waals surface area contributed by atoms with Gasteiger partial charge >= 0.3 is 5.97 Å². The number of likely N-dealkylation sites (tertiary alicyclic amines) is 1. The van der Waals surface area contributed by atoms with Crippen molar-refractivity contribution in [2.45, 2.75) is 57.0 Å². The van der Waals surface area contributed by atoms with Crippen LogP contribution in [0.25, 0.3) is 0 Å². The lowest BCUT2D eigenvalue weighted by molar-refractivity contribution is -0.159. The Hall–Kier alpha value is -4.28. The molecule has 6 rings (SSSR count). The van der Waals surface area contributed by atoms with Crippen LogP contribution in [0.15, 0.2) is 72.8 Å². The normalized spacial score (nSPS) is 30.8. The molecule has 4 aliphatic rings. The summed E-state index contributed by atoms with van der Waals surface area (Å²) in [6, 6.07) is 13.9. The summed E-state index contributed by atoms with van der Waals surface area (Å²) in [4.78, 5) is 59.1. The second-order valence-corrected chi connectivity index (χ2v) is 12.1. The molecule has 2 aromatic carbocycles. The van der Waals surface area contributed by atoms with Crippen LogP contribution in [0.4, 0.5) is 5.69 Å². The maximum atomic E-state index is 14.9. The van der Waals surface area contributed by atoms with Gasteiger partial charge in [0.15, 0.2) is 0 Å². The fourth-order valence-corrected chi connectivity index (χ4v) is 7.29. The van der Waals surface area contributed by atoms with Gasteiger partial charge in [-0.2, -0.15) is 0 Å². The molecule has 4 heterocycles. The summed E-state index contributed by atoms with van der Waals surface area (Å²) in [5.41, 5.74) is 1.85. The molecule has 1 spiro atoms. The number of esters is 1. The molecule has 2 fully saturated rings. The number of ether oxygens (including phenoxy) is 2. The zero-order valence-corrected chi connectivity index (χ0v) is 25.6. The number of para-hydroxylation sites is 1. The van der Waals surface area contributed by atoms with Crippen molar-refractivity contribution in [3.63, 3.8) is 0 Å². The average molecular weight is 614 g/mol. The summed E-state index contributed by atoms with van der Waals surface area (Å²) in [7, 11) is 0. The molecule has 10 nitrogen and oxygen atoms in total. The molecule has 10 heteroatoms. The van der Waals surface area contributed by atoms with E-state index < -0.39 is 41.7 Å². The standard InChI is InChI=1S/C35H39N3O7/c1-22-11-9-12-23(2)30(22)37-18-8-4-7-15-27(40)36-21-26(24-13-5-3-6-14-24)44-34(43)28-25-16-17-35(45-25)29(28)32(41)38(19-10-20-39)31(35)33(37)42/h3-6,8-9,11-14,16-17,25-26,28-29,31,39H,7,10,15,18-21H2,1-2H3,(H,36,40)/b8-4-/t25-,26-,28+,29+,31-,35+/m1/s1. The van der Waals surface area contributed by atoms with Gasteiger partial charge in [0.25, 0.3) is 5.91 Å². The number of nitrogens with zero attached hydrogens (tertiary/aromatic N) is 2. The highest BCUT2D eigenvalue weighted by Gasteiger charge is 2.73. The first-order chi connectivity index (χ1) is 21.8. The van der Waals surface area contributed by atoms with Gasteiger partial charge in [-0.05, 0) is 43.4 Å². The fourth-order valence-electron chi connectivity index (χ4n) is 7.29. The Morgan fingerprint density at radius 1 is 0.978 bits per heavy atom. The molecule has 5 bridgehead atoms. The molecule has 6 atom stereocenters. The van der Waals surface area contributed by atoms with E-state index in [9.17, 15) is 24.3 Å². The molecule has 4 aliphatic heterocycles. The van der Waals surface area contributed by atoms with Gasteiger partial charge in [-0.1, -0.05) is 72.8 Å². The topological polar surface area (TPSA) is 125 Å². The van der Waals surface area contributed by atoms with Crippen LogP contribution in [0.3, 0.4) is 0 Å². The minimum atomic E-state index is -1.37. The molecule has 236 valence electrons. The van der Waals surface area contributed by atoms with Gasteiger partial charge in [0.2, 0.25) is 11.8 Å². The Morgan fingerprint density at radius 3 is 2.47 bits per heavy atom. The third-order valence-electron chi connectivity index (χ3n) is 9.32. The van der Waals surface area contributed by atoms with Crippen LogP contribution in [-0.4, -0.2) is 77.7 Å². The number of hydrogen-bond acceptors (Lipinski definition) is 7. The van der Waals surface area contributed by atoms with E-state index in [4.69, 9.17) is 9.47 Å². The number of rotatable bonds is 5. The minimum Gasteiger partial charge on any atom is -0.455 e. The second-order valence-electron chi connectivity index (χ2n) is 12.1. The molecule has 2 saturated heterocycles. The number of anilines is 1. The van der Waals surface area contributed by atoms with E-state index in [1.807, 2.05) is 74.5 Å². The molecule has 45 heavy (non-hydrogen) atoms. The largest absolute Gasteiger partial charge is 0.455 e. The number of aliphatic hydroxyl groups excluding tert-OH is 1. The molecular weight excluding hydrogens is 574 g/mol. The lowest BCUT2D eigenvalue weighted by Crippen LogP contribution is -2.56. The van der Waals surface area contributed by atoms with Crippen LogP contribution in [0.1, 0.15) is 42.1 Å². The highest BCUT2D eigenvalue weighted by Crippen LogP contribution is 2.56. The highest BCUT2D eigenvalue weighted by atomic mass is 16.6. The Bertz CT molecular complexity index is 1520. The minimum absolute atomic E-state index is 0.0697. The summed E-state index contributed by atoms with van der Waals surface area (Å²) in [6.07, 6.45) is 6.66. The smallest absolute Gasteiger partial charge is 0.313 e. The van der Waals surface area contributed by atoms with Crippen LogP contribution in [-0.2, 0) is 28.7 Å². The maximum Gasteiger partial charge on any atom is 0.313 e. The average Bonchev–Trinajstić information content (AvgIpc) is 3.67. The van der Waals surface area contributed by atoms with Gasteiger partial charge in [0, 0.05) is 31.8 Å². The summed E-state index contributed by atoms with van der Waals surface area (Å²) in [6.45, 7) is 4.11. The second kappa shape index (κ2) is 12.6. The van der Waals surface area contributed by atoms with E-state index in [2.05, 4.69) is 5.32 Å². The van der Waals surface area contributed by atoms with Gasteiger partial charge in [-0.25, -0.2) is 0 Å². The summed E-state index contributed by atoms with van der Waals surface area (Å²) >= 11 is 0. The van der Waals surface area contributed by atoms with Crippen molar-refractivity contribution >= 4 is 29.4 Å². The molecule has 0 aromatic heterocycles. The summed E-state index contributed by atoms with van der Waals surface area (Å²) < 4.78 is 12.6. The Balaban J connectivity index is 1.44. The van der Waals surface area contributed by atoms with E-state index in [1.165, 1.54) is 4.90 Å². The first-order valence-electron chi connectivity index (χ1n) is 15.6. The lowest BCUT2D eigenvalue weighted by Gasteiger charge is -2.36. The Labute approximate surface area is 262 Å². The van der Waals surface area contributed by atoms with Crippen molar-refractivity contribution in [1.29, 1.82) is 0 Å². The first-order valence-corrected chi connectivity index (χ1v) is 15.6. The molecule has 0 saturated carbocycles. The van der Waals surface area contributed by atoms with Crippen molar-refractivity contribution in [3.8, 4) is 0 Å². The van der Waals surface area contributed by atoms with Crippen LogP contribution in [0.2, 0.25) is 0 Å². The number of fused-ring (bicyclic) bond motifs is 2. The zero-order valence-electron chi connectivity index (χ0n) is 25.6. The molecule has 2 aromatic rings. The number of amides is 3. The fraction of sp³-hybridized carbons (Fsp3) is 0.429. The van der Waals surface area contributed by atoms with Crippen LogP contribution in [0.5, 0.6) is 0 Å². The molecule has 0 unspecified atom stereocenters. The molecule has 2 N–H and O–H groups in total. The predicted molar refractivity (Wildman–Crippen MR) is 166 cm³/mol. The Morgan fingerprint density at radius 2 is 1.73 bits per heavy atom. The summed E-state index contributed by atoms with van der Waals surface area (Å²) in [5, 5.41) is 12.6. The molecule has 0 radical (unpaired) electrons. The third kappa shape index (κ3) is 5.46. The SMILES string of the molecule is Cc1cccc(C)c1N1C/C=C\CCC(=O)NC[C@H](c2ccccc2)OC(=O)[C@@H]2[C@H]3C(=O)N(CCCO)[C@H](C1=O)[C@]31C=C[C@H]2O1. The quantitative estimate of drug-likeness (QED) is 0.393. The van der Waals surface area contributed by atoms with Crippen LogP contribution in [0, 0.1) is 25.7 Å². The number of benzene rings is 2. The van der Waals surface area contributed by atoms with Gasteiger partial charge in [0.1, 0.15) is 23.7 Å². The van der Waals surface area contributed by atoms with Gasteiger partial charge in [0.05, 0.1) is 18.6 Å². The van der Waals surface area contributed by atoms with Gasteiger partial charge in [-0.3, -0.25) is 19.2 Å². The number of nitrogens with one attached hydrogen (secondary N) is 1. The summed E-state index contributed by atoms with van der Waals surface area (Å²) in [5.74, 6) is -3.50. The number of allylic oxidation sites excluding steroid dienone is 1. The zero-order chi connectivity index (χ0) is 31.7. The van der Waals surface area contributed by atoms with Crippen molar-refractivity contribution in [3.05, 3.63) is 89.5 Å². The van der Waals surface area contributed by atoms with E-state index in [0.29, 0.717) is 12.0 Å². The van der Waals surface area contributed by atoms with Crippen LogP contribution >= 0.6 is 0 Å². The van der Waals surface area contributed by atoms with Crippen molar-refractivity contribution in [2.75, 3.05) is 31.1 Å². The van der Waals surface area contributed by atoms with E-state index in [0.717, 1.165) is 16.8 Å². The molecule has 3 amide bonds. The number of carbonyl (C=O) groups is 4. The number of aliphatic hydroxyl groups is 1. The van der Waals surface area contributed by atoms with Crippen molar-refractivity contribution in [1.82, 2.24) is 10.2 Å². The van der Waals surface area contributed by atoms with Crippen LogP contribution < -0.4 is 10.2 Å². The Kier molecular flexibility index (Phi) is 8.61. The van der Waals surface area contributed by atoms with Crippen molar-refractivity contribution < 1.29 is 33.8 Å². The molecule has 0 aliphatic carbocycles. The highest BCUT2D eigenvalue weighted by molar-refractivity contribution is 6.06. The maximum absolute atomic E-state index is 14.9. The van der Waals surface area contributed by atoms with E-state index >= 15 is 0 Å². The lowest BCUT2D eigenvalue weighted by atomic mass is 9.74. The third-order valence-corrected chi connectivity index (χ3v) is 9.32. The predicted octanol–water partition coefficient (Wildman–Crippen LogP) is 2.92. The van der Waals surface area contributed by atoms with Gasteiger partial charge in [-0.15, -0.1) is 0 Å². The number of hydrogen-bond donors (Lipinski definition) is 2. The van der Waals surface area contributed by atoms with E-state index in [-0.39, 0.29) is 56.8 Å². The van der Waals surface area contributed by atoms with Gasteiger partial charge < -0.3 is 29.7 Å². The first kappa shape index (κ1) is 30.7. The van der Waals surface area contributed by atoms with E-state index in [1.54, 1.807) is 17.1 Å². The number of aryl methyl sites for hydroxylation is 2. The molecular formula is C35H39N3O7. The van der Waals surface area contributed by atoms with Crippen molar-refractivity contribution in [2.24, 2.45) is 11.8 Å². The monoisotopic (exact) mass is 613 g/mol. The number of carbonyl (C=O) groups excluding carboxylic acids is 4. The number of cyclic esters (lactones) is 1.